The van der Waals surface area contributed by atoms with E-state index in [1.165, 1.54) is 37.4 Å². The van der Waals surface area contributed by atoms with Gasteiger partial charge in [0.2, 0.25) is 0 Å². The maximum Gasteiger partial charge on any atom is 0.330 e. The van der Waals surface area contributed by atoms with Crippen molar-refractivity contribution in [2.45, 2.75) is 122 Å². The molecule has 3 aliphatic heterocycles. The van der Waals surface area contributed by atoms with E-state index in [-0.39, 0.29) is 29.5 Å². The number of allylic oxidation sites excluding steroid dienone is 3. The third kappa shape index (κ3) is 8.35. The number of esters is 1. The van der Waals surface area contributed by atoms with Crippen LogP contribution in [-0.4, -0.2) is 59.6 Å². The van der Waals surface area contributed by atoms with Crippen molar-refractivity contribution in [2.24, 2.45) is 5.92 Å². The zero-order valence-electron chi connectivity index (χ0n) is 22.8. The number of methoxy groups -OCH3 is 1. The first-order valence-corrected chi connectivity index (χ1v) is 15.1. The molecule has 0 aromatic rings. The molecule has 2 bridgehead atoms. The molecule has 36 heavy (non-hydrogen) atoms. The number of amides is 1. The molecule has 7 heteroatoms. The highest BCUT2D eigenvalue weighted by Gasteiger charge is 2.54. The highest BCUT2D eigenvalue weighted by Crippen LogP contribution is 2.42. The zero-order valence-corrected chi connectivity index (χ0v) is 23.7. The Balaban J connectivity index is 1.76. The largest absolute Gasteiger partial charge is 0.459 e. The van der Waals surface area contributed by atoms with Crippen molar-refractivity contribution in [1.82, 2.24) is 4.90 Å². The van der Waals surface area contributed by atoms with Crippen LogP contribution in [0.5, 0.6) is 0 Å². The molecule has 3 rings (SSSR count). The summed E-state index contributed by atoms with van der Waals surface area (Å²) >= 11 is 1.35. The molecule has 0 unspecified atom stereocenters. The lowest BCUT2D eigenvalue weighted by Gasteiger charge is -2.48. The fraction of sp³-hybridized carbons (Fsp3) is 0.793. The van der Waals surface area contributed by atoms with Crippen LogP contribution in [0, 0.1) is 5.92 Å². The van der Waals surface area contributed by atoms with Gasteiger partial charge in [-0.15, -0.1) is 0 Å². The van der Waals surface area contributed by atoms with Crippen LogP contribution in [0.4, 0.5) is 4.79 Å². The summed E-state index contributed by atoms with van der Waals surface area (Å²) in [6.45, 7) is 7.16. The van der Waals surface area contributed by atoms with Crippen molar-refractivity contribution >= 4 is 23.0 Å². The lowest BCUT2D eigenvalue weighted by atomic mass is 9.89. The van der Waals surface area contributed by atoms with Gasteiger partial charge >= 0.3 is 5.97 Å². The molecular formula is C29H47NO5S. The first-order valence-electron chi connectivity index (χ1n) is 14.1. The SMILES string of the molecule is CCCCCCCCN1C(=O)SC[C@H]1[C@@]1(OC)C[C@H]2C[C@@H](CC[C@H](C)/C=C\CC/C(C)=C\C(=O)O2)O1. The van der Waals surface area contributed by atoms with Gasteiger partial charge in [-0.25, -0.2) is 4.79 Å². The molecule has 0 spiro atoms. The third-order valence-corrected chi connectivity index (χ3v) is 8.71. The summed E-state index contributed by atoms with van der Waals surface area (Å²) in [4.78, 5) is 27.6. The standard InChI is InChI=1S/C29H47NO5S/c1-5-6-7-8-9-12-17-30-26(21-36-28(30)32)29(33-4)20-25-19-24(35-29)16-15-22(2)13-10-11-14-23(3)18-27(31)34-25/h10,13,18,22,24-26H,5-9,11-12,14-17,19-21H2,1-4H3/b13-10-,23-18-/t22-,24-,25-,26+,29-/m1/s1. The summed E-state index contributed by atoms with van der Waals surface area (Å²) in [7, 11) is 1.67. The van der Waals surface area contributed by atoms with E-state index in [1.54, 1.807) is 13.2 Å². The van der Waals surface area contributed by atoms with E-state index in [0.29, 0.717) is 24.5 Å². The van der Waals surface area contributed by atoms with E-state index in [2.05, 4.69) is 26.0 Å². The van der Waals surface area contributed by atoms with Crippen molar-refractivity contribution < 1.29 is 23.8 Å². The molecular weight excluding hydrogens is 474 g/mol. The number of hydrogen-bond donors (Lipinski definition) is 0. The predicted octanol–water partition coefficient (Wildman–Crippen LogP) is 7.03. The highest BCUT2D eigenvalue weighted by molar-refractivity contribution is 8.13. The molecule has 0 radical (unpaired) electrons. The molecule has 1 amide bonds. The second-order valence-electron chi connectivity index (χ2n) is 10.8. The number of nitrogens with zero attached hydrogens (tertiary/aromatic N) is 1. The quantitative estimate of drug-likeness (QED) is 0.184. The summed E-state index contributed by atoms with van der Waals surface area (Å²) in [5.74, 6) is -0.176. The van der Waals surface area contributed by atoms with Gasteiger partial charge in [0.05, 0.1) is 12.1 Å². The van der Waals surface area contributed by atoms with Crippen molar-refractivity contribution in [3.63, 3.8) is 0 Å². The molecule has 0 saturated carbocycles. The van der Waals surface area contributed by atoms with Gasteiger partial charge in [0.15, 0.2) is 5.79 Å². The van der Waals surface area contributed by atoms with Crippen LogP contribution in [0.1, 0.15) is 97.8 Å². The third-order valence-electron chi connectivity index (χ3n) is 7.75. The fourth-order valence-electron chi connectivity index (χ4n) is 5.60. The minimum atomic E-state index is -0.968. The first-order chi connectivity index (χ1) is 17.4. The van der Waals surface area contributed by atoms with E-state index in [9.17, 15) is 9.59 Å². The number of ether oxygens (including phenoxy) is 3. The van der Waals surface area contributed by atoms with Gasteiger partial charge in [-0.05, 0) is 44.9 Å². The molecule has 0 aromatic carbocycles. The van der Waals surface area contributed by atoms with Crippen LogP contribution >= 0.6 is 11.8 Å². The monoisotopic (exact) mass is 521 g/mol. The van der Waals surface area contributed by atoms with Gasteiger partial charge < -0.3 is 19.1 Å². The second kappa shape index (κ2) is 14.6. The Morgan fingerprint density at radius 2 is 1.92 bits per heavy atom. The Morgan fingerprint density at radius 3 is 2.69 bits per heavy atom. The number of carbonyl (C=O) groups excluding carboxylic acids is 2. The Bertz CT molecular complexity index is 784. The van der Waals surface area contributed by atoms with Gasteiger partial charge in [0, 0.05) is 38.3 Å². The lowest BCUT2D eigenvalue weighted by molar-refractivity contribution is -0.305. The maximum atomic E-state index is 12.9. The van der Waals surface area contributed by atoms with Crippen LogP contribution < -0.4 is 0 Å². The molecule has 3 heterocycles. The second-order valence-corrected chi connectivity index (χ2v) is 11.8. The van der Waals surface area contributed by atoms with Gasteiger partial charge in [-0.2, -0.15) is 0 Å². The van der Waals surface area contributed by atoms with E-state index in [1.807, 2.05) is 11.8 Å². The molecule has 5 atom stereocenters. The smallest absolute Gasteiger partial charge is 0.330 e. The average Bonchev–Trinajstić information content (AvgIpc) is 3.22. The van der Waals surface area contributed by atoms with Gasteiger partial charge in [-0.3, -0.25) is 4.79 Å². The molecule has 204 valence electrons. The zero-order chi connectivity index (χ0) is 26.0. The number of fused-ring (bicyclic) bond motifs is 2. The Morgan fingerprint density at radius 1 is 1.14 bits per heavy atom. The van der Waals surface area contributed by atoms with Gasteiger partial charge in [0.25, 0.3) is 5.24 Å². The van der Waals surface area contributed by atoms with E-state index < -0.39 is 5.79 Å². The van der Waals surface area contributed by atoms with Crippen LogP contribution in [0.15, 0.2) is 23.8 Å². The highest BCUT2D eigenvalue weighted by atomic mass is 32.2. The van der Waals surface area contributed by atoms with Crippen LogP contribution in [0.25, 0.3) is 0 Å². The summed E-state index contributed by atoms with van der Waals surface area (Å²) in [6, 6.07) is -0.187. The Labute approximate surface area is 222 Å². The summed E-state index contributed by atoms with van der Waals surface area (Å²) in [5, 5.41) is 0.101. The minimum Gasteiger partial charge on any atom is -0.459 e. The first kappa shape index (κ1) is 29.2. The van der Waals surface area contributed by atoms with Crippen molar-refractivity contribution in [3.05, 3.63) is 23.8 Å². The van der Waals surface area contributed by atoms with E-state index >= 15 is 0 Å². The molecule has 2 fully saturated rings. The molecule has 2 saturated heterocycles. The topological polar surface area (TPSA) is 65.1 Å². The van der Waals surface area contributed by atoms with E-state index in [4.69, 9.17) is 14.2 Å². The fourth-order valence-corrected chi connectivity index (χ4v) is 6.72. The van der Waals surface area contributed by atoms with Gasteiger partial charge in [0.1, 0.15) is 6.10 Å². The molecule has 6 nitrogen and oxygen atoms in total. The average molecular weight is 522 g/mol. The Kier molecular flexibility index (Phi) is 11.8. The maximum absolute atomic E-state index is 12.9. The number of rotatable bonds is 9. The molecule has 0 aromatic heterocycles. The molecule has 3 aliphatic rings. The van der Waals surface area contributed by atoms with Crippen molar-refractivity contribution in [1.29, 1.82) is 0 Å². The summed E-state index contributed by atoms with van der Waals surface area (Å²) in [5.41, 5.74) is 1.03. The normalized spacial score (nSPS) is 34.6. The number of thioether (sulfide) groups is 1. The van der Waals surface area contributed by atoms with Crippen LogP contribution in [-0.2, 0) is 19.0 Å². The lowest BCUT2D eigenvalue weighted by Crippen LogP contribution is -2.60. The summed E-state index contributed by atoms with van der Waals surface area (Å²) in [6.07, 6.45) is 17.5. The predicted molar refractivity (Wildman–Crippen MR) is 146 cm³/mol. The van der Waals surface area contributed by atoms with Crippen LogP contribution in [0.2, 0.25) is 0 Å². The molecule has 0 aliphatic carbocycles. The summed E-state index contributed by atoms with van der Waals surface area (Å²) < 4.78 is 18.8. The Hall–Kier alpha value is -1.31. The number of carbonyl (C=O) groups is 2. The van der Waals surface area contributed by atoms with E-state index in [0.717, 1.165) is 50.6 Å². The van der Waals surface area contributed by atoms with Gasteiger partial charge in [-0.1, -0.05) is 75.4 Å². The van der Waals surface area contributed by atoms with Crippen molar-refractivity contribution in [2.75, 3.05) is 19.4 Å². The minimum absolute atomic E-state index is 0.0861. The molecule has 0 N–H and O–H groups in total. The van der Waals surface area contributed by atoms with Crippen molar-refractivity contribution in [3.8, 4) is 0 Å². The number of hydrogen-bond acceptors (Lipinski definition) is 6. The van der Waals surface area contributed by atoms with Crippen LogP contribution in [0.3, 0.4) is 0 Å². The number of unbranched alkanes of at least 4 members (excludes halogenated alkanes) is 5.